The van der Waals surface area contributed by atoms with Gasteiger partial charge >= 0.3 is 29.6 Å². The van der Waals surface area contributed by atoms with Crippen LogP contribution in [0.2, 0.25) is 10.0 Å². The second kappa shape index (κ2) is 13.0. The number of hydrogen-bond acceptors (Lipinski definition) is 5. The zero-order chi connectivity index (χ0) is 28.5. The topological polar surface area (TPSA) is 102 Å². The van der Waals surface area contributed by atoms with Gasteiger partial charge in [0.05, 0.1) is 16.1 Å². The summed E-state index contributed by atoms with van der Waals surface area (Å²) in [6.07, 6.45) is 3.19. The number of amides is 2. The van der Waals surface area contributed by atoms with Crippen molar-refractivity contribution in [2.75, 3.05) is 6.54 Å². The maximum absolute atomic E-state index is 14.0. The van der Waals surface area contributed by atoms with E-state index in [0.717, 1.165) is 31.2 Å². The number of carboxylic acids is 1. The quantitative estimate of drug-likeness (QED) is 0.497. The van der Waals surface area contributed by atoms with E-state index in [2.05, 4.69) is 26.1 Å². The average Bonchev–Trinajstić information content (AvgIpc) is 3.16. The number of benzene rings is 2. The molecule has 1 aliphatic carbocycles. The van der Waals surface area contributed by atoms with Gasteiger partial charge in [-0.15, -0.1) is 0 Å². The Morgan fingerprint density at radius 1 is 1.10 bits per heavy atom. The third-order valence-corrected chi connectivity index (χ3v) is 8.79. The van der Waals surface area contributed by atoms with Crippen LogP contribution in [-0.2, 0) is 9.59 Å². The van der Waals surface area contributed by atoms with E-state index in [9.17, 15) is 19.5 Å². The molecule has 208 valence electrons. The molecule has 2 amide bonds. The third-order valence-electron chi connectivity index (χ3n) is 8.05. The van der Waals surface area contributed by atoms with Gasteiger partial charge in [-0.2, -0.15) is 0 Å². The predicted octanol–water partition coefficient (Wildman–Crippen LogP) is 2.19. The van der Waals surface area contributed by atoms with Gasteiger partial charge in [-0.05, 0) is 73.8 Å². The van der Waals surface area contributed by atoms with Gasteiger partial charge in [-0.3, -0.25) is 14.6 Å². The Balaban J connectivity index is 0.00000441. The van der Waals surface area contributed by atoms with Crippen molar-refractivity contribution in [2.45, 2.75) is 71.5 Å². The van der Waals surface area contributed by atoms with Crippen LogP contribution in [-0.4, -0.2) is 40.6 Å². The molecule has 40 heavy (non-hydrogen) atoms. The van der Waals surface area contributed by atoms with Crippen LogP contribution in [0.25, 0.3) is 0 Å². The number of aliphatic imine (C=N–C) groups is 1. The standard InChI is InChI=1S/C30H35Cl2N3O4.Na/c1-18(19-5-7-20(8-6-19)27(38)33-16-13-25(36)37)35-28(39)26(21-9-10-23(31)24(32)17-21)34-30(35)14-11-22(12-15-30)29(2,3)4;/h5-10,17-18,22H,11-16H2,1-4H3,(H,33,38)(H,36,37);/q;+1/p-1/t18-,22?,30?;/m1./s1. The van der Waals surface area contributed by atoms with Crippen molar-refractivity contribution in [3.05, 3.63) is 69.2 Å². The summed E-state index contributed by atoms with van der Waals surface area (Å²) in [5, 5.41) is 14.0. The van der Waals surface area contributed by atoms with Gasteiger partial charge in [0.1, 0.15) is 11.4 Å². The number of nitrogens with zero attached hydrogens (tertiary/aromatic N) is 2. The Morgan fingerprint density at radius 2 is 1.73 bits per heavy atom. The van der Waals surface area contributed by atoms with Crippen molar-refractivity contribution < 1.29 is 49.0 Å². The zero-order valence-corrected chi connectivity index (χ0v) is 27.2. The van der Waals surface area contributed by atoms with Gasteiger partial charge in [-0.1, -0.05) is 62.2 Å². The van der Waals surface area contributed by atoms with Crippen molar-refractivity contribution in [3.8, 4) is 0 Å². The molecule has 1 saturated carbocycles. The number of carbonyl (C=O) groups excluding carboxylic acids is 3. The number of halogens is 2. The van der Waals surface area contributed by atoms with Crippen molar-refractivity contribution in [2.24, 2.45) is 16.3 Å². The maximum Gasteiger partial charge on any atom is 1.00 e. The van der Waals surface area contributed by atoms with Gasteiger partial charge in [-0.25, -0.2) is 0 Å². The number of carbonyl (C=O) groups is 3. The molecular formula is C30H34Cl2N3NaO4. The monoisotopic (exact) mass is 593 g/mol. The minimum Gasteiger partial charge on any atom is -0.550 e. The van der Waals surface area contributed by atoms with E-state index in [1.165, 1.54) is 0 Å². The minimum absolute atomic E-state index is 0. The van der Waals surface area contributed by atoms with Gasteiger partial charge in [0, 0.05) is 30.1 Å². The zero-order valence-electron chi connectivity index (χ0n) is 23.7. The smallest absolute Gasteiger partial charge is 0.550 e. The molecular weight excluding hydrogens is 560 g/mol. The van der Waals surface area contributed by atoms with Gasteiger partial charge < -0.3 is 20.1 Å². The van der Waals surface area contributed by atoms with Crippen molar-refractivity contribution in [1.82, 2.24) is 10.2 Å². The molecule has 10 heteroatoms. The van der Waals surface area contributed by atoms with Crippen molar-refractivity contribution in [1.29, 1.82) is 0 Å². The Kier molecular flexibility index (Phi) is 10.6. The van der Waals surface area contributed by atoms with Gasteiger partial charge in [0.15, 0.2) is 0 Å². The van der Waals surface area contributed by atoms with E-state index in [-0.39, 0.29) is 65.8 Å². The Morgan fingerprint density at radius 3 is 2.27 bits per heavy atom. The molecule has 2 aromatic rings. The van der Waals surface area contributed by atoms with Crippen LogP contribution in [0.5, 0.6) is 0 Å². The van der Waals surface area contributed by atoms with E-state index in [1.807, 2.05) is 24.0 Å². The summed E-state index contributed by atoms with van der Waals surface area (Å²) in [7, 11) is 0. The van der Waals surface area contributed by atoms with Crippen molar-refractivity contribution >= 4 is 46.7 Å². The number of hydrogen-bond donors (Lipinski definition) is 1. The number of carboxylic acid groups (broad SMARTS) is 1. The molecule has 0 saturated heterocycles. The fraction of sp³-hybridized carbons (Fsp3) is 0.467. The second-order valence-electron chi connectivity index (χ2n) is 11.6. The van der Waals surface area contributed by atoms with Gasteiger partial charge in [0.25, 0.3) is 11.8 Å². The molecule has 0 radical (unpaired) electrons. The van der Waals surface area contributed by atoms with Crippen LogP contribution >= 0.6 is 23.2 Å². The molecule has 2 aromatic carbocycles. The van der Waals surface area contributed by atoms with Crippen LogP contribution < -0.4 is 40.0 Å². The maximum atomic E-state index is 14.0. The van der Waals surface area contributed by atoms with E-state index in [0.29, 0.717) is 32.8 Å². The Hall–Kier alpha value is -1.90. The first-order chi connectivity index (χ1) is 18.3. The predicted molar refractivity (Wildman–Crippen MR) is 151 cm³/mol. The van der Waals surface area contributed by atoms with Crippen LogP contribution in [0, 0.1) is 11.3 Å². The van der Waals surface area contributed by atoms with Crippen LogP contribution in [0.4, 0.5) is 0 Å². The summed E-state index contributed by atoms with van der Waals surface area (Å²) in [6, 6.07) is 11.9. The minimum atomic E-state index is -1.22. The molecule has 2 aliphatic rings. The van der Waals surface area contributed by atoms with E-state index < -0.39 is 11.6 Å². The average molecular weight is 595 g/mol. The number of aliphatic carboxylic acids is 1. The summed E-state index contributed by atoms with van der Waals surface area (Å²) >= 11 is 12.4. The SMILES string of the molecule is C[C@H](c1ccc(C(=O)NCCC(=O)[O-])cc1)N1C(=O)C(c2ccc(Cl)c(Cl)c2)=NC12CCC(C(C)(C)C)CC2.[Na+]. The number of rotatable bonds is 7. The van der Waals surface area contributed by atoms with Crippen molar-refractivity contribution in [3.63, 3.8) is 0 Å². The fourth-order valence-corrected chi connectivity index (χ4v) is 6.02. The Labute approximate surface area is 268 Å². The van der Waals surface area contributed by atoms with Crippen LogP contribution in [0.3, 0.4) is 0 Å². The first-order valence-corrected chi connectivity index (χ1v) is 14.0. The summed E-state index contributed by atoms with van der Waals surface area (Å²) in [4.78, 5) is 44.0. The van der Waals surface area contributed by atoms with Crippen LogP contribution in [0.1, 0.15) is 87.3 Å². The molecule has 0 unspecified atom stereocenters. The largest absolute Gasteiger partial charge is 1.00 e. The summed E-state index contributed by atoms with van der Waals surface area (Å²) in [6.45, 7) is 8.76. The summed E-state index contributed by atoms with van der Waals surface area (Å²) in [5.74, 6) is -1.20. The molecule has 0 aromatic heterocycles. The van der Waals surface area contributed by atoms with Gasteiger partial charge in [0.2, 0.25) is 0 Å². The molecule has 7 nitrogen and oxygen atoms in total. The molecule has 1 aliphatic heterocycles. The third kappa shape index (κ3) is 6.93. The molecule has 1 spiro atoms. The molecule has 4 rings (SSSR count). The van der Waals surface area contributed by atoms with E-state index in [1.54, 1.807) is 30.3 Å². The first kappa shape index (κ1) is 32.6. The molecule has 1 heterocycles. The first-order valence-electron chi connectivity index (χ1n) is 13.3. The van der Waals surface area contributed by atoms with Crippen LogP contribution in [0.15, 0.2) is 47.5 Å². The summed E-state index contributed by atoms with van der Waals surface area (Å²) < 4.78 is 0. The van der Waals surface area contributed by atoms with E-state index >= 15 is 0 Å². The summed E-state index contributed by atoms with van der Waals surface area (Å²) in [5.41, 5.74) is 1.82. The molecule has 1 atom stereocenters. The Bertz CT molecular complexity index is 1300. The number of nitrogens with one attached hydrogen (secondary N) is 1. The molecule has 0 bridgehead atoms. The fourth-order valence-electron chi connectivity index (χ4n) is 5.72. The second-order valence-corrected chi connectivity index (χ2v) is 12.4. The van der Waals surface area contributed by atoms with E-state index in [4.69, 9.17) is 28.2 Å². The normalized spacial score (nSPS) is 21.6. The molecule has 1 fully saturated rings. The molecule has 1 N–H and O–H groups in total.